The average molecular weight is 453 g/mol. The minimum Gasteiger partial charge on any atom is -0.494 e. The largest absolute Gasteiger partial charge is 0.494 e. The van der Waals surface area contributed by atoms with Gasteiger partial charge >= 0.3 is 0 Å². The van der Waals surface area contributed by atoms with E-state index >= 15 is 0 Å². The van der Waals surface area contributed by atoms with E-state index < -0.39 is 18.0 Å². The van der Waals surface area contributed by atoms with Crippen LogP contribution in [0.1, 0.15) is 11.6 Å². The Morgan fingerprint density at radius 2 is 1.42 bits per heavy atom. The summed E-state index contributed by atoms with van der Waals surface area (Å²) in [5, 5.41) is 0. The van der Waals surface area contributed by atoms with Crippen LogP contribution in [-0.2, 0) is 4.79 Å². The fourth-order valence-electron chi connectivity index (χ4n) is 3.91. The number of amides is 1. The van der Waals surface area contributed by atoms with E-state index in [-0.39, 0.29) is 11.7 Å². The topological polar surface area (TPSA) is 66.5 Å². The first-order valence-electron chi connectivity index (χ1n) is 10.2. The maximum Gasteiger partial charge on any atom is 0.271 e. The van der Waals surface area contributed by atoms with E-state index in [1.54, 1.807) is 30.3 Å². The number of carbonyl (C=O) groups excluding carboxylic acids is 1. The first kappa shape index (κ1) is 22.3. The van der Waals surface area contributed by atoms with Crippen LogP contribution in [0.4, 0.5) is 10.1 Å². The molecule has 1 heterocycles. The zero-order chi connectivity index (χ0) is 23.5. The number of β-lactam (4-membered cyclic amide) rings is 1. The van der Waals surface area contributed by atoms with Gasteiger partial charge in [-0.25, -0.2) is 4.39 Å². The van der Waals surface area contributed by atoms with Crippen molar-refractivity contribution in [2.75, 3.05) is 33.3 Å². The Balaban J connectivity index is 1.78. The van der Waals surface area contributed by atoms with Crippen molar-refractivity contribution in [1.29, 1.82) is 0 Å². The number of rotatable bonds is 8. The minimum absolute atomic E-state index is 0.115. The quantitative estimate of drug-likeness (QED) is 0.471. The maximum absolute atomic E-state index is 14.6. The third kappa shape index (κ3) is 4.00. The normalized spacial score (nSPS) is 17.2. The molecule has 33 heavy (non-hydrogen) atoms. The summed E-state index contributed by atoms with van der Waals surface area (Å²) < 4.78 is 41.9. The SMILES string of the molecule is COc1ccc([C@@H]2[C@H](Oc3ccccc3)C(=O)N2c2cc(OC)c(OC)c(OC)c2)cc1F. The van der Waals surface area contributed by atoms with Gasteiger partial charge < -0.3 is 23.7 Å². The summed E-state index contributed by atoms with van der Waals surface area (Å²) in [4.78, 5) is 14.8. The van der Waals surface area contributed by atoms with Crippen LogP contribution >= 0.6 is 0 Å². The first-order chi connectivity index (χ1) is 16.0. The molecule has 0 aliphatic carbocycles. The van der Waals surface area contributed by atoms with E-state index in [4.69, 9.17) is 23.7 Å². The van der Waals surface area contributed by atoms with Gasteiger partial charge in [0.25, 0.3) is 5.91 Å². The summed E-state index contributed by atoms with van der Waals surface area (Å²) in [5.41, 5.74) is 1.06. The number of anilines is 1. The third-order valence-corrected chi connectivity index (χ3v) is 5.50. The molecule has 0 saturated carbocycles. The second-order valence-electron chi connectivity index (χ2n) is 7.28. The fraction of sp³-hybridized carbons (Fsp3) is 0.240. The van der Waals surface area contributed by atoms with Crippen LogP contribution in [0.5, 0.6) is 28.7 Å². The highest BCUT2D eigenvalue weighted by Gasteiger charge is 2.51. The number of nitrogens with zero attached hydrogens (tertiary/aromatic N) is 1. The second-order valence-corrected chi connectivity index (χ2v) is 7.28. The Labute approximate surface area is 191 Å². The number of ether oxygens (including phenoxy) is 5. The van der Waals surface area contributed by atoms with Crippen molar-refractivity contribution in [3.63, 3.8) is 0 Å². The lowest BCUT2D eigenvalue weighted by Gasteiger charge is -2.46. The molecule has 3 aromatic rings. The van der Waals surface area contributed by atoms with Crippen molar-refractivity contribution >= 4 is 11.6 Å². The summed E-state index contributed by atoms with van der Waals surface area (Å²) in [6.45, 7) is 0. The lowest BCUT2D eigenvalue weighted by Crippen LogP contribution is -2.61. The molecule has 0 unspecified atom stereocenters. The number of hydrogen-bond donors (Lipinski definition) is 0. The molecule has 0 aromatic heterocycles. The Hall–Kier alpha value is -3.94. The zero-order valence-corrected chi connectivity index (χ0v) is 18.7. The van der Waals surface area contributed by atoms with Gasteiger partial charge in [-0.2, -0.15) is 0 Å². The van der Waals surface area contributed by atoms with Gasteiger partial charge in [-0.1, -0.05) is 24.3 Å². The third-order valence-electron chi connectivity index (χ3n) is 5.50. The highest BCUT2D eigenvalue weighted by atomic mass is 19.1. The number of hydrogen-bond acceptors (Lipinski definition) is 6. The van der Waals surface area contributed by atoms with Crippen LogP contribution in [0.25, 0.3) is 0 Å². The smallest absolute Gasteiger partial charge is 0.271 e. The Bertz CT molecular complexity index is 1130. The van der Waals surface area contributed by atoms with Crippen LogP contribution in [0.2, 0.25) is 0 Å². The summed E-state index contributed by atoms with van der Waals surface area (Å²) in [7, 11) is 5.89. The van der Waals surface area contributed by atoms with Crippen LogP contribution < -0.4 is 28.6 Å². The summed E-state index contributed by atoms with van der Waals surface area (Å²) >= 11 is 0. The number of para-hydroxylation sites is 1. The van der Waals surface area contributed by atoms with Crippen LogP contribution in [0, 0.1) is 5.82 Å². The molecule has 8 heteroatoms. The van der Waals surface area contributed by atoms with Crippen molar-refractivity contribution in [1.82, 2.24) is 0 Å². The molecule has 1 fully saturated rings. The molecule has 0 bridgehead atoms. The van der Waals surface area contributed by atoms with Crippen LogP contribution in [-0.4, -0.2) is 40.5 Å². The predicted molar refractivity (Wildman–Crippen MR) is 120 cm³/mol. The molecular formula is C25H24FNO6. The van der Waals surface area contributed by atoms with Gasteiger partial charge in [0.1, 0.15) is 11.8 Å². The summed E-state index contributed by atoms with van der Waals surface area (Å²) in [6, 6.07) is 16.4. The molecule has 1 aliphatic heterocycles. The molecule has 1 aliphatic rings. The average Bonchev–Trinajstić information content (AvgIpc) is 2.85. The van der Waals surface area contributed by atoms with Crippen molar-refractivity contribution < 1.29 is 32.9 Å². The first-order valence-corrected chi connectivity index (χ1v) is 10.2. The van der Waals surface area contributed by atoms with Crippen molar-refractivity contribution in [3.05, 3.63) is 72.0 Å². The highest BCUT2D eigenvalue weighted by Crippen LogP contribution is 2.47. The molecule has 1 saturated heterocycles. The van der Waals surface area contributed by atoms with Crippen LogP contribution in [0.15, 0.2) is 60.7 Å². The van der Waals surface area contributed by atoms with Gasteiger partial charge in [0.2, 0.25) is 11.9 Å². The number of methoxy groups -OCH3 is 4. The Kier molecular flexibility index (Phi) is 6.26. The number of benzene rings is 3. The Morgan fingerprint density at radius 3 is 1.97 bits per heavy atom. The van der Waals surface area contributed by atoms with E-state index in [0.29, 0.717) is 34.2 Å². The summed E-state index contributed by atoms with van der Waals surface area (Å²) in [6.07, 6.45) is -0.848. The fourth-order valence-corrected chi connectivity index (χ4v) is 3.91. The highest BCUT2D eigenvalue weighted by molar-refractivity contribution is 6.05. The van der Waals surface area contributed by atoms with E-state index in [1.165, 1.54) is 45.5 Å². The molecule has 0 N–H and O–H groups in total. The van der Waals surface area contributed by atoms with E-state index in [0.717, 1.165) is 0 Å². The van der Waals surface area contributed by atoms with Gasteiger partial charge in [0.05, 0.1) is 34.1 Å². The molecule has 7 nitrogen and oxygen atoms in total. The van der Waals surface area contributed by atoms with Crippen LogP contribution in [0.3, 0.4) is 0 Å². The number of carbonyl (C=O) groups is 1. The summed E-state index contributed by atoms with van der Waals surface area (Å²) in [5.74, 6) is 1.04. The zero-order valence-electron chi connectivity index (χ0n) is 18.7. The lowest BCUT2D eigenvalue weighted by atomic mass is 9.89. The number of halogens is 1. The van der Waals surface area contributed by atoms with Gasteiger partial charge in [0.15, 0.2) is 23.1 Å². The lowest BCUT2D eigenvalue weighted by molar-refractivity contribution is -0.135. The van der Waals surface area contributed by atoms with E-state index in [1.807, 2.05) is 18.2 Å². The second kappa shape index (κ2) is 9.28. The van der Waals surface area contributed by atoms with Gasteiger partial charge in [-0.15, -0.1) is 0 Å². The molecule has 0 radical (unpaired) electrons. The standard InChI is InChI=1S/C25H24FNO6/c1-29-19-11-10-15(12-18(19)26)22-24(33-17-8-6-5-7-9-17)25(28)27(22)16-13-20(30-2)23(32-4)21(14-16)31-3/h5-14,22,24H,1-4H3/t22-,24+/m1/s1. The van der Waals surface area contributed by atoms with Crippen molar-refractivity contribution in [3.8, 4) is 28.7 Å². The van der Waals surface area contributed by atoms with Gasteiger partial charge in [-0.3, -0.25) is 9.69 Å². The predicted octanol–water partition coefficient (Wildman–Crippen LogP) is 4.40. The minimum atomic E-state index is -0.848. The van der Waals surface area contributed by atoms with Crippen molar-refractivity contribution in [2.24, 2.45) is 0 Å². The Morgan fingerprint density at radius 1 is 0.788 bits per heavy atom. The molecule has 3 aromatic carbocycles. The molecular weight excluding hydrogens is 429 g/mol. The molecule has 2 atom stereocenters. The van der Waals surface area contributed by atoms with Gasteiger partial charge in [-0.05, 0) is 29.8 Å². The van der Waals surface area contributed by atoms with Crippen molar-refractivity contribution in [2.45, 2.75) is 12.1 Å². The molecule has 4 rings (SSSR count). The van der Waals surface area contributed by atoms with E-state index in [9.17, 15) is 9.18 Å². The maximum atomic E-state index is 14.6. The molecule has 172 valence electrons. The molecule has 1 amide bonds. The monoisotopic (exact) mass is 453 g/mol. The molecule has 0 spiro atoms. The van der Waals surface area contributed by atoms with Gasteiger partial charge in [0, 0.05) is 12.1 Å². The van der Waals surface area contributed by atoms with E-state index in [2.05, 4.69) is 0 Å².